The molecule has 3 aromatic rings. The molecule has 0 aliphatic carbocycles. The number of methoxy groups -OCH3 is 1. The number of halogens is 4. The highest BCUT2D eigenvalue weighted by Crippen LogP contribution is 2.38. The minimum atomic E-state index is -4.18. The normalized spacial score (nSPS) is 15.4. The molecule has 0 radical (unpaired) electrons. The molecule has 0 N–H and O–H groups in total. The molecule has 1 aliphatic rings. The molecule has 0 spiro atoms. The van der Waals surface area contributed by atoms with Gasteiger partial charge in [-0.25, -0.2) is 16.8 Å². The fourth-order valence-electron chi connectivity index (χ4n) is 4.37. The number of nitrogens with zero attached hydrogens (tertiary/aromatic N) is 2. The number of hydrogen-bond donors (Lipinski definition) is 0. The van der Waals surface area contributed by atoms with Gasteiger partial charge in [0, 0.05) is 30.2 Å². The molecule has 1 fully saturated rings. The number of alkyl halides is 3. The van der Waals surface area contributed by atoms with Crippen LogP contribution in [-0.2, 0) is 14.8 Å². The fourth-order valence-corrected chi connectivity index (χ4v) is 6.13. The zero-order valence-corrected chi connectivity index (χ0v) is 21.5. The molecule has 1 saturated heterocycles. The third-order valence-electron chi connectivity index (χ3n) is 6.11. The van der Waals surface area contributed by atoms with Crippen LogP contribution in [0, 0.1) is 5.82 Å². The van der Waals surface area contributed by atoms with Crippen LogP contribution in [0.3, 0.4) is 0 Å². The van der Waals surface area contributed by atoms with Crippen LogP contribution in [0.2, 0.25) is 0 Å². The molecular formula is C23H20Cl3FN2O5S. The van der Waals surface area contributed by atoms with Gasteiger partial charge in [0.25, 0.3) is 19.7 Å². The van der Waals surface area contributed by atoms with Crippen molar-refractivity contribution in [2.24, 2.45) is 0 Å². The summed E-state index contributed by atoms with van der Waals surface area (Å²) in [5.74, 6) is -0.867. The molecule has 186 valence electrons. The van der Waals surface area contributed by atoms with Gasteiger partial charge in [-0.15, -0.1) is 0 Å². The summed E-state index contributed by atoms with van der Waals surface area (Å²) in [6.07, 6.45) is 2.70. The van der Waals surface area contributed by atoms with Crippen molar-refractivity contribution in [2.45, 2.75) is 27.4 Å². The molecule has 4 rings (SSSR count). The molecule has 2 aromatic carbocycles. The van der Waals surface area contributed by atoms with E-state index in [1.807, 2.05) is 0 Å². The van der Waals surface area contributed by atoms with E-state index in [0.29, 0.717) is 48.9 Å². The molecule has 0 unspecified atom stereocenters. The van der Waals surface area contributed by atoms with Crippen LogP contribution in [0.15, 0.2) is 47.5 Å². The summed E-state index contributed by atoms with van der Waals surface area (Å²) >= 11 is 17.1. The smallest absolute Gasteiger partial charge is 0.274 e. The molecule has 0 saturated carbocycles. The van der Waals surface area contributed by atoms with Gasteiger partial charge in [-0.05, 0) is 60.7 Å². The number of aldehydes is 1. The fraction of sp³-hybridized carbons (Fsp3) is 0.304. The van der Waals surface area contributed by atoms with E-state index in [4.69, 9.17) is 39.5 Å². The lowest BCUT2D eigenvalue weighted by Gasteiger charge is -2.34. The van der Waals surface area contributed by atoms with E-state index in [9.17, 15) is 22.4 Å². The Bertz CT molecular complexity index is 1410. The van der Waals surface area contributed by atoms with Gasteiger partial charge >= 0.3 is 0 Å². The zero-order valence-electron chi connectivity index (χ0n) is 18.4. The van der Waals surface area contributed by atoms with Crippen LogP contribution in [0.4, 0.5) is 4.39 Å². The number of rotatable bonds is 5. The first kappa shape index (κ1) is 25.8. The number of ether oxygens (including phenoxy) is 1. The first-order valence-electron chi connectivity index (χ1n) is 10.5. The number of carbonyl (C=O) groups excluding carboxylic acids is 2. The Balaban J connectivity index is 1.71. The molecule has 0 atom stereocenters. The zero-order chi connectivity index (χ0) is 25.5. The molecule has 35 heavy (non-hydrogen) atoms. The Morgan fingerprint density at radius 3 is 2.43 bits per heavy atom. The predicted octanol–water partition coefficient (Wildman–Crippen LogP) is 4.91. The van der Waals surface area contributed by atoms with E-state index >= 15 is 0 Å². The van der Waals surface area contributed by atoms with Gasteiger partial charge in [0.15, 0.2) is 6.29 Å². The number of amides is 1. The van der Waals surface area contributed by atoms with Crippen molar-refractivity contribution in [1.82, 2.24) is 8.87 Å². The summed E-state index contributed by atoms with van der Waals surface area (Å²) < 4.78 is 45.4. The topological polar surface area (TPSA) is 85.7 Å². The minimum absolute atomic E-state index is 0.0493. The number of piperidine rings is 1. The largest absolute Gasteiger partial charge is 0.496 e. The van der Waals surface area contributed by atoms with Crippen molar-refractivity contribution < 1.29 is 27.1 Å². The van der Waals surface area contributed by atoms with Crippen LogP contribution in [0.25, 0.3) is 10.9 Å². The highest BCUT2D eigenvalue weighted by molar-refractivity contribution is 7.90. The summed E-state index contributed by atoms with van der Waals surface area (Å²) in [5.41, 5.74) is 0.833. The van der Waals surface area contributed by atoms with Crippen LogP contribution in [-0.4, -0.2) is 53.5 Å². The second-order valence-corrected chi connectivity index (χ2v) is 12.2. The highest BCUT2D eigenvalue weighted by atomic mass is 35.6. The Labute approximate surface area is 216 Å². The van der Waals surface area contributed by atoms with E-state index in [1.165, 1.54) is 36.4 Å². The first-order valence-corrected chi connectivity index (χ1v) is 13.1. The Morgan fingerprint density at radius 2 is 1.83 bits per heavy atom. The van der Waals surface area contributed by atoms with Crippen molar-refractivity contribution in [2.75, 3.05) is 20.2 Å². The van der Waals surface area contributed by atoms with Crippen LogP contribution >= 0.6 is 34.8 Å². The van der Waals surface area contributed by atoms with Crippen molar-refractivity contribution in [3.63, 3.8) is 0 Å². The van der Waals surface area contributed by atoms with Gasteiger partial charge < -0.3 is 9.64 Å². The number of carbonyl (C=O) groups is 2. The molecule has 2 heterocycles. The molecule has 0 bridgehead atoms. The first-order chi connectivity index (χ1) is 16.5. The quantitative estimate of drug-likeness (QED) is 0.326. The van der Waals surface area contributed by atoms with Gasteiger partial charge in [-0.3, -0.25) is 9.59 Å². The van der Waals surface area contributed by atoms with E-state index < -0.39 is 25.5 Å². The predicted molar refractivity (Wildman–Crippen MR) is 132 cm³/mol. The molecule has 7 nitrogen and oxygen atoms in total. The van der Waals surface area contributed by atoms with E-state index in [1.54, 1.807) is 6.07 Å². The Kier molecular flexibility index (Phi) is 7.07. The van der Waals surface area contributed by atoms with E-state index in [0.717, 1.165) is 16.1 Å². The molecule has 12 heteroatoms. The Morgan fingerprint density at radius 1 is 1.14 bits per heavy atom. The van der Waals surface area contributed by atoms with Crippen LogP contribution in [0.5, 0.6) is 5.75 Å². The van der Waals surface area contributed by atoms with E-state index in [2.05, 4.69) is 0 Å². The molecule has 1 amide bonds. The lowest BCUT2D eigenvalue weighted by molar-refractivity contribution is -0.131. The Hall–Kier alpha value is -2.33. The highest BCUT2D eigenvalue weighted by Gasteiger charge is 2.37. The van der Waals surface area contributed by atoms with Crippen molar-refractivity contribution in [3.05, 3.63) is 59.5 Å². The monoisotopic (exact) mass is 560 g/mol. The maximum atomic E-state index is 13.9. The number of aromatic nitrogens is 1. The molecular weight excluding hydrogens is 542 g/mol. The third-order valence-corrected chi connectivity index (χ3v) is 8.27. The van der Waals surface area contributed by atoms with Crippen molar-refractivity contribution >= 4 is 67.9 Å². The summed E-state index contributed by atoms with van der Waals surface area (Å²) in [6.45, 7) is 0.642. The molecule has 1 aromatic heterocycles. The summed E-state index contributed by atoms with van der Waals surface area (Å²) in [5, 5.41) is 0.324. The van der Waals surface area contributed by atoms with Crippen molar-refractivity contribution in [3.8, 4) is 5.75 Å². The lowest BCUT2D eigenvalue weighted by atomic mass is 9.89. The van der Waals surface area contributed by atoms with Crippen LogP contribution in [0.1, 0.15) is 34.7 Å². The average Bonchev–Trinajstić information content (AvgIpc) is 3.21. The lowest BCUT2D eigenvalue weighted by Crippen LogP contribution is -2.43. The summed E-state index contributed by atoms with van der Waals surface area (Å²) in [7, 11) is -2.70. The average molecular weight is 562 g/mol. The second-order valence-electron chi connectivity index (χ2n) is 8.13. The number of likely N-dealkylation sites (tertiary alicyclic amines) is 1. The summed E-state index contributed by atoms with van der Waals surface area (Å²) in [6, 6.07) is 8.06. The maximum absolute atomic E-state index is 13.9. The standard InChI is InChI=1S/C23H20Cl3FN2O5S/c1-34-21-5-3-17(11-19(21)14-6-8-28(9-7-14)22(31)23(24,25)26)35(32,33)29-12-15(13-30)18-4-2-16(27)10-20(18)29/h2-5,10-14H,6-9H2,1H3. The third kappa shape index (κ3) is 4.87. The molecule has 1 aliphatic heterocycles. The summed E-state index contributed by atoms with van der Waals surface area (Å²) in [4.78, 5) is 25.2. The number of benzene rings is 2. The van der Waals surface area contributed by atoms with Gasteiger partial charge in [-0.2, -0.15) is 0 Å². The number of hydrogen-bond acceptors (Lipinski definition) is 5. The minimum Gasteiger partial charge on any atom is -0.496 e. The number of fused-ring (bicyclic) bond motifs is 1. The van der Waals surface area contributed by atoms with Gasteiger partial charge in [-0.1, -0.05) is 34.8 Å². The maximum Gasteiger partial charge on any atom is 0.274 e. The van der Waals surface area contributed by atoms with E-state index in [-0.39, 0.29) is 21.9 Å². The van der Waals surface area contributed by atoms with Crippen LogP contribution < -0.4 is 4.74 Å². The SMILES string of the molecule is COc1ccc(S(=O)(=O)n2cc(C=O)c3ccc(F)cc32)cc1C1CCN(C(=O)C(Cl)(Cl)Cl)CC1. The van der Waals surface area contributed by atoms with Gasteiger partial charge in [0.1, 0.15) is 11.6 Å². The van der Waals surface area contributed by atoms with Gasteiger partial charge in [0.2, 0.25) is 0 Å². The van der Waals surface area contributed by atoms with Gasteiger partial charge in [0.05, 0.1) is 17.5 Å². The second kappa shape index (κ2) is 9.61. The van der Waals surface area contributed by atoms with Crippen molar-refractivity contribution in [1.29, 1.82) is 0 Å².